The highest BCUT2D eigenvalue weighted by Gasteiger charge is 2.38. The molecule has 1 atom stereocenters. The fourth-order valence-corrected chi connectivity index (χ4v) is 2.45. The molecular weight excluding hydrogens is 204 g/mol. The Morgan fingerprint density at radius 2 is 2.12 bits per heavy atom. The van der Waals surface area contributed by atoms with Crippen LogP contribution in [0.15, 0.2) is 0 Å². The number of hydrogen-bond donors (Lipinski definition) is 1. The lowest BCUT2D eigenvalue weighted by Crippen LogP contribution is -2.43. The number of likely N-dealkylation sites (tertiary alicyclic amines) is 1. The van der Waals surface area contributed by atoms with Gasteiger partial charge < -0.3 is 15.4 Å². The average molecular weight is 228 g/mol. The van der Waals surface area contributed by atoms with Crippen LogP contribution in [0.5, 0.6) is 0 Å². The molecule has 1 unspecified atom stereocenters. The van der Waals surface area contributed by atoms with Crippen molar-refractivity contribution in [1.82, 2.24) is 4.90 Å². The summed E-state index contributed by atoms with van der Waals surface area (Å²) in [5.74, 6) is 0.0498. The van der Waals surface area contributed by atoms with E-state index < -0.39 is 6.10 Å². The summed E-state index contributed by atoms with van der Waals surface area (Å²) in [4.78, 5) is 14.0. The molecule has 2 N–H and O–H groups in total. The number of rotatable bonds is 5. The maximum Gasteiger partial charge on any atom is 0.253 e. The molecule has 0 aromatic heterocycles. The van der Waals surface area contributed by atoms with Crippen LogP contribution in [0.25, 0.3) is 0 Å². The molecule has 1 saturated heterocycles. The van der Waals surface area contributed by atoms with Crippen LogP contribution in [0.4, 0.5) is 0 Å². The highest BCUT2D eigenvalue weighted by molar-refractivity contribution is 5.81. The van der Waals surface area contributed by atoms with Gasteiger partial charge in [0.25, 0.3) is 5.91 Å². The maximum atomic E-state index is 12.0. The van der Waals surface area contributed by atoms with Crippen molar-refractivity contribution in [3.8, 4) is 0 Å². The van der Waals surface area contributed by atoms with Gasteiger partial charge in [-0.2, -0.15) is 0 Å². The van der Waals surface area contributed by atoms with Gasteiger partial charge in [0.05, 0.1) is 0 Å². The smallest absolute Gasteiger partial charge is 0.253 e. The molecule has 16 heavy (non-hydrogen) atoms. The van der Waals surface area contributed by atoms with E-state index in [1.165, 1.54) is 0 Å². The van der Waals surface area contributed by atoms with Crippen molar-refractivity contribution in [2.45, 2.75) is 39.2 Å². The third-order valence-corrected chi connectivity index (χ3v) is 4.02. The second-order valence-corrected chi connectivity index (χ2v) is 4.68. The summed E-state index contributed by atoms with van der Waals surface area (Å²) in [6.45, 7) is 6.37. The standard InChI is InChI=1S/C12H24N2O2/c1-4-12(5-2)6-7-14(9-12)11(15)10(8-13)16-3/h10H,4-9,13H2,1-3H3. The van der Waals surface area contributed by atoms with Crippen molar-refractivity contribution >= 4 is 5.91 Å². The predicted molar refractivity (Wildman–Crippen MR) is 64.1 cm³/mol. The van der Waals surface area contributed by atoms with E-state index in [-0.39, 0.29) is 12.5 Å². The van der Waals surface area contributed by atoms with Gasteiger partial charge in [0.2, 0.25) is 0 Å². The van der Waals surface area contributed by atoms with Crippen molar-refractivity contribution in [2.75, 3.05) is 26.7 Å². The lowest BCUT2D eigenvalue weighted by Gasteiger charge is -2.27. The normalized spacial score (nSPS) is 21.1. The lowest BCUT2D eigenvalue weighted by molar-refractivity contribution is -0.140. The van der Waals surface area contributed by atoms with E-state index in [2.05, 4.69) is 13.8 Å². The zero-order valence-electron chi connectivity index (χ0n) is 10.7. The van der Waals surface area contributed by atoms with Crippen LogP contribution in [0.2, 0.25) is 0 Å². The summed E-state index contributed by atoms with van der Waals surface area (Å²) in [6, 6.07) is 0. The van der Waals surface area contributed by atoms with Crippen molar-refractivity contribution in [2.24, 2.45) is 11.1 Å². The Morgan fingerprint density at radius 3 is 2.50 bits per heavy atom. The number of nitrogens with two attached hydrogens (primary N) is 1. The van der Waals surface area contributed by atoms with Crippen molar-refractivity contribution in [1.29, 1.82) is 0 Å². The molecular formula is C12H24N2O2. The van der Waals surface area contributed by atoms with Crippen LogP contribution < -0.4 is 5.73 Å². The highest BCUT2D eigenvalue weighted by atomic mass is 16.5. The largest absolute Gasteiger partial charge is 0.370 e. The SMILES string of the molecule is CCC1(CC)CCN(C(=O)C(CN)OC)C1. The molecule has 4 heteroatoms. The average Bonchev–Trinajstić information content (AvgIpc) is 2.75. The molecule has 0 aromatic rings. The molecule has 1 aliphatic rings. The first-order valence-corrected chi connectivity index (χ1v) is 6.14. The Balaban J connectivity index is 2.61. The zero-order valence-corrected chi connectivity index (χ0v) is 10.7. The molecule has 1 rings (SSSR count). The molecule has 0 aromatic carbocycles. The fourth-order valence-electron chi connectivity index (χ4n) is 2.45. The Morgan fingerprint density at radius 1 is 1.50 bits per heavy atom. The molecule has 0 bridgehead atoms. The second-order valence-electron chi connectivity index (χ2n) is 4.68. The monoisotopic (exact) mass is 228 g/mol. The Kier molecular flexibility index (Phi) is 4.74. The van der Waals surface area contributed by atoms with E-state index in [0.29, 0.717) is 5.41 Å². The quantitative estimate of drug-likeness (QED) is 0.763. The van der Waals surface area contributed by atoms with Crippen molar-refractivity contribution in [3.05, 3.63) is 0 Å². The predicted octanol–water partition coefficient (Wildman–Crippen LogP) is 0.999. The number of carbonyl (C=O) groups excluding carboxylic acids is 1. The molecule has 4 nitrogen and oxygen atoms in total. The van der Waals surface area contributed by atoms with Crippen LogP contribution in [0.3, 0.4) is 0 Å². The van der Waals surface area contributed by atoms with E-state index >= 15 is 0 Å². The first-order chi connectivity index (χ1) is 7.62. The summed E-state index contributed by atoms with van der Waals surface area (Å²) in [7, 11) is 1.54. The van der Waals surface area contributed by atoms with Gasteiger partial charge in [-0.25, -0.2) is 0 Å². The minimum atomic E-state index is -0.468. The van der Waals surface area contributed by atoms with E-state index in [1.807, 2.05) is 4.90 Å². The van der Waals surface area contributed by atoms with Crippen molar-refractivity contribution in [3.63, 3.8) is 0 Å². The topological polar surface area (TPSA) is 55.6 Å². The molecule has 1 fully saturated rings. The third kappa shape index (κ3) is 2.55. The van der Waals surface area contributed by atoms with Crippen LogP contribution in [-0.4, -0.2) is 43.7 Å². The summed E-state index contributed by atoms with van der Waals surface area (Å²) in [5, 5.41) is 0. The Hall–Kier alpha value is -0.610. The summed E-state index contributed by atoms with van der Waals surface area (Å²) in [5.41, 5.74) is 5.83. The molecule has 1 aliphatic heterocycles. The van der Waals surface area contributed by atoms with Gasteiger partial charge in [0.15, 0.2) is 0 Å². The number of ether oxygens (including phenoxy) is 1. The lowest BCUT2D eigenvalue weighted by atomic mass is 9.82. The molecule has 0 spiro atoms. The first kappa shape index (κ1) is 13.5. The number of methoxy groups -OCH3 is 1. The van der Waals surface area contributed by atoms with Crippen LogP contribution in [0.1, 0.15) is 33.1 Å². The maximum absolute atomic E-state index is 12.0. The molecule has 0 aliphatic carbocycles. The van der Waals surface area contributed by atoms with Crippen LogP contribution in [-0.2, 0) is 9.53 Å². The summed E-state index contributed by atoms with van der Waals surface area (Å²) < 4.78 is 5.09. The number of hydrogen-bond acceptors (Lipinski definition) is 3. The number of nitrogens with zero attached hydrogens (tertiary/aromatic N) is 1. The molecule has 0 radical (unpaired) electrons. The van der Waals surface area contributed by atoms with E-state index in [9.17, 15) is 4.79 Å². The van der Waals surface area contributed by atoms with Gasteiger partial charge in [0, 0.05) is 26.7 Å². The first-order valence-electron chi connectivity index (χ1n) is 6.14. The van der Waals surface area contributed by atoms with Gasteiger partial charge in [-0.3, -0.25) is 4.79 Å². The Labute approximate surface area is 98.1 Å². The molecule has 94 valence electrons. The Bertz CT molecular complexity index is 235. The number of carbonyl (C=O) groups is 1. The van der Waals surface area contributed by atoms with Crippen LogP contribution in [0, 0.1) is 5.41 Å². The summed E-state index contributed by atoms with van der Waals surface area (Å²) in [6.07, 6.45) is 2.90. The molecule has 0 saturated carbocycles. The zero-order chi connectivity index (χ0) is 12.2. The second kappa shape index (κ2) is 5.64. The van der Waals surface area contributed by atoms with Gasteiger partial charge in [-0.1, -0.05) is 13.8 Å². The summed E-state index contributed by atoms with van der Waals surface area (Å²) >= 11 is 0. The van der Waals surface area contributed by atoms with Crippen LogP contribution >= 0.6 is 0 Å². The van der Waals surface area contributed by atoms with E-state index in [1.54, 1.807) is 7.11 Å². The van der Waals surface area contributed by atoms with Crippen molar-refractivity contribution < 1.29 is 9.53 Å². The third-order valence-electron chi connectivity index (χ3n) is 4.02. The minimum Gasteiger partial charge on any atom is -0.370 e. The number of amides is 1. The molecule has 1 heterocycles. The highest BCUT2D eigenvalue weighted by Crippen LogP contribution is 2.37. The van der Waals surface area contributed by atoms with Gasteiger partial charge in [-0.15, -0.1) is 0 Å². The van der Waals surface area contributed by atoms with Gasteiger partial charge in [-0.05, 0) is 24.7 Å². The fraction of sp³-hybridized carbons (Fsp3) is 0.917. The van der Waals surface area contributed by atoms with Gasteiger partial charge >= 0.3 is 0 Å². The van der Waals surface area contributed by atoms with E-state index in [0.717, 1.165) is 32.4 Å². The molecule has 1 amide bonds. The van der Waals surface area contributed by atoms with E-state index in [4.69, 9.17) is 10.5 Å². The van der Waals surface area contributed by atoms with Gasteiger partial charge in [0.1, 0.15) is 6.10 Å². The minimum absolute atomic E-state index is 0.0498.